The van der Waals surface area contributed by atoms with Crippen LogP contribution in [0, 0.1) is 11.6 Å². The highest BCUT2D eigenvalue weighted by Crippen LogP contribution is 2.17. The molecule has 0 heterocycles. The van der Waals surface area contributed by atoms with E-state index in [4.69, 9.17) is 0 Å². The summed E-state index contributed by atoms with van der Waals surface area (Å²) in [6, 6.07) is 3.50. The van der Waals surface area contributed by atoms with Crippen LogP contribution >= 0.6 is 0 Å². The quantitative estimate of drug-likeness (QED) is 0.826. The molecule has 0 aliphatic heterocycles. The van der Waals surface area contributed by atoms with Crippen molar-refractivity contribution in [1.29, 1.82) is 0 Å². The summed E-state index contributed by atoms with van der Waals surface area (Å²) < 4.78 is 26.8. The Balaban J connectivity index is 2.63. The topological polar surface area (TPSA) is 32.3 Å². The first-order chi connectivity index (χ1) is 9.08. The van der Waals surface area contributed by atoms with E-state index in [9.17, 15) is 13.6 Å². The molecule has 1 rings (SSSR count). The molecule has 0 radical (unpaired) electrons. The highest BCUT2D eigenvalue weighted by atomic mass is 19.1. The Kier molecular flexibility index (Phi) is 6.42. The second kappa shape index (κ2) is 7.84. The minimum atomic E-state index is -0.758. The van der Waals surface area contributed by atoms with Gasteiger partial charge in [0.2, 0.25) is 5.91 Å². The van der Waals surface area contributed by atoms with Crippen molar-refractivity contribution in [2.24, 2.45) is 0 Å². The second-order valence-electron chi connectivity index (χ2n) is 4.42. The average molecular weight is 270 g/mol. The number of hydrogen-bond acceptors (Lipinski definition) is 2. The summed E-state index contributed by atoms with van der Waals surface area (Å²) in [4.78, 5) is 13.8. The minimum Gasteiger partial charge on any atom is -0.320 e. The van der Waals surface area contributed by atoms with Gasteiger partial charge in [0.25, 0.3) is 0 Å². The molecule has 0 unspecified atom stereocenters. The molecule has 3 nitrogen and oxygen atoms in total. The molecule has 1 aromatic rings. The molecule has 106 valence electrons. The first kappa shape index (κ1) is 15.6. The van der Waals surface area contributed by atoms with Gasteiger partial charge in [-0.2, -0.15) is 0 Å². The molecule has 0 aliphatic carbocycles. The fraction of sp³-hybridized carbons (Fsp3) is 0.500. The molecule has 1 aromatic carbocycles. The number of carbonyl (C=O) groups excluding carboxylic acids is 1. The summed E-state index contributed by atoms with van der Waals surface area (Å²) in [7, 11) is 0. The van der Waals surface area contributed by atoms with Gasteiger partial charge in [0.15, 0.2) is 0 Å². The van der Waals surface area contributed by atoms with E-state index < -0.39 is 17.5 Å². The Morgan fingerprint density at radius 3 is 2.16 bits per heavy atom. The SMILES string of the molecule is CCCN(CCC)CC(=O)Nc1c(F)cccc1F. The van der Waals surface area contributed by atoms with Crippen LogP contribution in [0.15, 0.2) is 18.2 Å². The molecular formula is C14H20F2N2O. The lowest BCUT2D eigenvalue weighted by Crippen LogP contribution is -2.34. The van der Waals surface area contributed by atoms with Crippen LogP contribution in [-0.2, 0) is 4.79 Å². The summed E-state index contributed by atoms with van der Waals surface area (Å²) in [5, 5.41) is 2.30. The fourth-order valence-electron chi connectivity index (χ4n) is 1.90. The fourth-order valence-corrected chi connectivity index (χ4v) is 1.90. The van der Waals surface area contributed by atoms with Gasteiger partial charge in [0.05, 0.1) is 6.54 Å². The molecule has 0 fully saturated rings. The number of nitrogens with zero attached hydrogens (tertiary/aromatic N) is 1. The number of amides is 1. The number of nitrogens with one attached hydrogen (secondary N) is 1. The van der Waals surface area contributed by atoms with Gasteiger partial charge in [0, 0.05) is 0 Å². The van der Waals surface area contributed by atoms with Crippen molar-refractivity contribution in [3.8, 4) is 0 Å². The Hall–Kier alpha value is -1.49. The van der Waals surface area contributed by atoms with E-state index in [-0.39, 0.29) is 12.2 Å². The first-order valence-electron chi connectivity index (χ1n) is 6.54. The maximum Gasteiger partial charge on any atom is 0.238 e. The van der Waals surface area contributed by atoms with E-state index in [0.717, 1.165) is 38.1 Å². The van der Waals surface area contributed by atoms with Crippen LogP contribution in [0.2, 0.25) is 0 Å². The van der Waals surface area contributed by atoms with Crippen LogP contribution in [-0.4, -0.2) is 30.4 Å². The largest absolute Gasteiger partial charge is 0.320 e. The standard InChI is InChI=1S/C14H20F2N2O/c1-3-8-18(9-4-2)10-13(19)17-14-11(15)6-5-7-12(14)16/h5-7H,3-4,8-10H2,1-2H3,(H,17,19). The van der Waals surface area contributed by atoms with Crippen LogP contribution < -0.4 is 5.32 Å². The number of para-hydroxylation sites is 1. The normalized spacial score (nSPS) is 10.8. The Bertz CT molecular complexity index is 398. The van der Waals surface area contributed by atoms with Crippen molar-refractivity contribution in [2.45, 2.75) is 26.7 Å². The molecule has 0 bridgehead atoms. The van der Waals surface area contributed by atoms with E-state index in [1.807, 2.05) is 18.7 Å². The van der Waals surface area contributed by atoms with Crippen LogP contribution in [0.3, 0.4) is 0 Å². The van der Waals surface area contributed by atoms with E-state index in [1.54, 1.807) is 0 Å². The molecule has 0 aliphatic rings. The van der Waals surface area contributed by atoms with Crippen molar-refractivity contribution in [2.75, 3.05) is 25.0 Å². The van der Waals surface area contributed by atoms with E-state index in [0.29, 0.717) is 0 Å². The van der Waals surface area contributed by atoms with E-state index in [2.05, 4.69) is 5.32 Å². The Labute approximate surface area is 112 Å². The Morgan fingerprint density at radius 1 is 1.16 bits per heavy atom. The van der Waals surface area contributed by atoms with Crippen LogP contribution in [0.5, 0.6) is 0 Å². The maximum absolute atomic E-state index is 13.4. The monoisotopic (exact) mass is 270 g/mol. The molecule has 1 amide bonds. The van der Waals surface area contributed by atoms with Gasteiger partial charge in [0.1, 0.15) is 17.3 Å². The lowest BCUT2D eigenvalue weighted by Gasteiger charge is -2.20. The van der Waals surface area contributed by atoms with Crippen molar-refractivity contribution in [3.05, 3.63) is 29.8 Å². The third-order valence-corrected chi connectivity index (χ3v) is 2.67. The predicted molar refractivity (Wildman–Crippen MR) is 72.0 cm³/mol. The van der Waals surface area contributed by atoms with Crippen molar-refractivity contribution in [1.82, 2.24) is 4.90 Å². The zero-order valence-electron chi connectivity index (χ0n) is 11.4. The molecule has 0 saturated carbocycles. The maximum atomic E-state index is 13.4. The predicted octanol–water partition coefficient (Wildman–Crippen LogP) is 3.03. The highest BCUT2D eigenvalue weighted by molar-refractivity contribution is 5.92. The lowest BCUT2D eigenvalue weighted by atomic mass is 10.3. The zero-order valence-corrected chi connectivity index (χ0v) is 11.4. The van der Waals surface area contributed by atoms with Crippen LogP contribution in [0.4, 0.5) is 14.5 Å². The third kappa shape index (κ3) is 4.95. The van der Waals surface area contributed by atoms with Crippen molar-refractivity contribution >= 4 is 11.6 Å². The number of benzene rings is 1. The third-order valence-electron chi connectivity index (χ3n) is 2.67. The number of hydrogen-bond donors (Lipinski definition) is 1. The number of rotatable bonds is 7. The van der Waals surface area contributed by atoms with Crippen LogP contribution in [0.25, 0.3) is 0 Å². The number of anilines is 1. The average Bonchev–Trinajstić information content (AvgIpc) is 2.35. The first-order valence-corrected chi connectivity index (χ1v) is 6.54. The highest BCUT2D eigenvalue weighted by Gasteiger charge is 2.14. The zero-order chi connectivity index (χ0) is 14.3. The molecule has 5 heteroatoms. The lowest BCUT2D eigenvalue weighted by molar-refractivity contribution is -0.117. The Morgan fingerprint density at radius 2 is 1.68 bits per heavy atom. The van der Waals surface area contributed by atoms with Gasteiger partial charge in [-0.25, -0.2) is 8.78 Å². The summed E-state index contributed by atoms with van der Waals surface area (Å²) >= 11 is 0. The molecular weight excluding hydrogens is 250 g/mol. The van der Waals surface area contributed by atoms with Crippen LogP contribution in [0.1, 0.15) is 26.7 Å². The molecule has 0 aromatic heterocycles. The van der Waals surface area contributed by atoms with Gasteiger partial charge < -0.3 is 5.32 Å². The van der Waals surface area contributed by atoms with Gasteiger partial charge in [-0.15, -0.1) is 0 Å². The summed E-state index contributed by atoms with van der Waals surface area (Å²) in [5.41, 5.74) is -0.375. The molecule has 0 spiro atoms. The minimum absolute atomic E-state index is 0.148. The van der Waals surface area contributed by atoms with Crippen molar-refractivity contribution < 1.29 is 13.6 Å². The number of carbonyl (C=O) groups is 1. The van der Waals surface area contributed by atoms with Crippen molar-refractivity contribution in [3.63, 3.8) is 0 Å². The molecule has 0 atom stereocenters. The van der Waals surface area contributed by atoms with Gasteiger partial charge in [-0.1, -0.05) is 19.9 Å². The van der Waals surface area contributed by atoms with E-state index >= 15 is 0 Å². The molecule has 19 heavy (non-hydrogen) atoms. The smallest absolute Gasteiger partial charge is 0.238 e. The second-order valence-corrected chi connectivity index (χ2v) is 4.42. The summed E-state index contributed by atoms with van der Waals surface area (Å²) in [6.07, 6.45) is 1.86. The molecule has 0 saturated heterocycles. The summed E-state index contributed by atoms with van der Waals surface area (Å²) in [6.45, 7) is 5.78. The van der Waals surface area contributed by atoms with Gasteiger partial charge >= 0.3 is 0 Å². The van der Waals surface area contributed by atoms with Gasteiger partial charge in [-0.3, -0.25) is 9.69 Å². The molecule has 1 N–H and O–H groups in total. The van der Waals surface area contributed by atoms with Gasteiger partial charge in [-0.05, 0) is 38.1 Å². The summed E-state index contributed by atoms with van der Waals surface area (Å²) in [5.74, 6) is -1.91. The number of halogens is 2. The van der Waals surface area contributed by atoms with E-state index in [1.165, 1.54) is 6.07 Å².